The summed E-state index contributed by atoms with van der Waals surface area (Å²) in [6.45, 7) is 0. The minimum Gasteiger partial charge on any atom is -0.256 e. The molecule has 0 spiro atoms. The SMILES string of the molecule is [Os].c1ccc(-c2cccnc2-c2ccccn2)nc1.c1ccc(-c2cccnc2-c2ccccn2)nc1. The van der Waals surface area contributed by atoms with Crippen LogP contribution in [0.3, 0.4) is 0 Å². The monoisotopic (exact) mass is 658 g/mol. The molecule has 0 saturated heterocycles. The van der Waals surface area contributed by atoms with Crippen LogP contribution in [0.2, 0.25) is 0 Å². The predicted molar refractivity (Wildman–Crippen MR) is 141 cm³/mol. The summed E-state index contributed by atoms with van der Waals surface area (Å²) in [7, 11) is 0. The molecule has 0 aromatic carbocycles. The van der Waals surface area contributed by atoms with Crippen LogP contribution in [0.25, 0.3) is 45.3 Å². The van der Waals surface area contributed by atoms with Gasteiger partial charge in [-0.1, -0.05) is 24.3 Å². The number of aromatic nitrogens is 6. The molecule has 0 bridgehead atoms. The molecule has 0 N–H and O–H groups in total. The smallest absolute Gasteiger partial charge is 0.0980 e. The van der Waals surface area contributed by atoms with E-state index >= 15 is 0 Å². The van der Waals surface area contributed by atoms with Crippen LogP contribution in [0.5, 0.6) is 0 Å². The van der Waals surface area contributed by atoms with Gasteiger partial charge in [-0.05, 0) is 72.8 Å². The second-order valence-electron chi connectivity index (χ2n) is 7.66. The molecular formula is C30H22N6Os. The Morgan fingerprint density at radius 1 is 0.297 bits per heavy atom. The Labute approximate surface area is 228 Å². The van der Waals surface area contributed by atoms with E-state index in [1.165, 1.54) is 0 Å². The van der Waals surface area contributed by atoms with Gasteiger partial charge >= 0.3 is 0 Å². The molecule has 0 aliphatic rings. The van der Waals surface area contributed by atoms with Crippen molar-refractivity contribution < 1.29 is 19.8 Å². The minimum atomic E-state index is 0. The van der Waals surface area contributed by atoms with Gasteiger partial charge in [0, 0.05) is 68.1 Å². The van der Waals surface area contributed by atoms with E-state index in [1.807, 2.05) is 97.1 Å². The topological polar surface area (TPSA) is 77.3 Å². The average Bonchev–Trinajstić information content (AvgIpc) is 2.99. The maximum atomic E-state index is 4.42. The van der Waals surface area contributed by atoms with Crippen molar-refractivity contribution in [3.8, 4) is 45.3 Å². The van der Waals surface area contributed by atoms with Gasteiger partial charge in [-0.15, -0.1) is 0 Å². The molecular weight excluding hydrogens is 635 g/mol. The molecule has 0 radical (unpaired) electrons. The fourth-order valence-corrected chi connectivity index (χ4v) is 3.68. The molecule has 6 aromatic heterocycles. The summed E-state index contributed by atoms with van der Waals surface area (Å²) in [6, 6.07) is 31.2. The largest absolute Gasteiger partial charge is 0.256 e. The molecule has 0 aliphatic carbocycles. The van der Waals surface area contributed by atoms with Crippen LogP contribution < -0.4 is 0 Å². The van der Waals surface area contributed by atoms with Crippen molar-refractivity contribution in [2.75, 3.05) is 0 Å². The van der Waals surface area contributed by atoms with Crippen LogP contribution in [0.1, 0.15) is 0 Å². The molecule has 0 aliphatic heterocycles. The van der Waals surface area contributed by atoms with Gasteiger partial charge in [-0.25, -0.2) is 0 Å². The molecule has 0 amide bonds. The van der Waals surface area contributed by atoms with Gasteiger partial charge in [0.25, 0.3) is 0 Å². The number of pyridine rings is 6. The number of nitrogens with zero attached hydrogens (tertiary/aromatic N) is 6. The van der Waals surface area contributed by atoms with Crippen LogP contribution >= 0.6 is 0 Å². The van der Waals surface area contributed by atoms with E-state index in [0.29, 0.717) is 0 Å². The van der Waals surface area contributed by atoms with Crippen molar-refractivity contribution in [1.29, 1.82) is 0 Å². The third kappa shape index (κ3) is 6.41. The van der Waals surface area contributed by atoms with Gasteiger partial charge in [0.1, 0.15) is 0 Å². The first-order chi connectivity index (χ1) is 17.9. The number of hydrogen-bond donors (Lipinski definition) is 0. The molecule has 0 unspecified atom stereocenters. The van der Waals surface area contributed by atoms with Crippen molar-refractivity contribution in [2.24, 2.45) is 0 Å². The molecule has 6 heterocycles. The third-order valence-corrected chi connectivity index (χ3v) is 5.31. The summed E-state index contributed by atoms with van der Waals surface area (Å²) in [5.74, 6) is 0. The Morgan fingerprint density at radius 2 is 0.622 bits per heavy atom. The summed E-state index contributed by atoms with van der Waals surface area (Å²) in [5, 5.41) is 0. The van der Waals surface area contributed by atoms with Crippen molar-refractivity contribution >= 4 is 0 Å². The summed E-state index contributed by atoms with van der Waals surface area (Å²) in [6.07, 6.45) is 10.7. The Balaban J connectivity index is 0.000000168. The van der Waals surface area contributed by atoms with Crippen LogP contribution in [0.15, 0.2) is 134 Å². The second-order valence-corrected chi connectivity index (χ2v) is 7.66. The first-order valence-corrected chi connectivity index (χ1v) is 11.5. The van der Waals surface area contributed by atoms with Crippen molar-refractivity contribution in [1.82, 2.24) is 29.9 Å². The fourth-order valence-electron chi connectivity index (χ4n) is 3.68. The first kappa shape index (κ1) is 25.6. The zero-order chi connectivity index (χ0) is 24.4. The number of rotatable bonds is 4. The van der Waals surface area contributed by atoms with Gasteiger partial charge < -0.3 is 0 Å². The normalized spacial score (nSPS) is 9.95. The Hall–Kier alpha value is -4.46. The van der Waals surface area contributed by atoms with Gasteiger partial charge in [-0.3, -0.25) is 29.9 Å². The Kier molecular flexibility index (Phi) is 9.01. The Bertz CT molecular complexity index is 1280. The number of hydrogen-bond acceptors (Lipinski definition) is 6. The van der Waals surface area contributed by atoms with Crippen molar-refractivity contribution in [3.63, 3.8) is 0 Å². The molecule has 180 valence electrons. The van der Waals surface area contributed by atoms with E-state index in [9.17, 15) is 0 Å². The third-order valence-electron chi connectivity index (χ3n) is 5.31. The van der Waals surface area contributed by atoms with Crippen LogP contribution in [-0.4, -0.2) is 29.9 Å². The van der Waals surface area contributed by atoms with E-state index < -0.39 is 0 Å². The minimum absolute atomic E-state index is 0. The first-order valence-electron chi connectivity index (χ1n) is 11.5. The summed E-state index contributed by atoms with van der Waals surface area (Å²) < 4.78 is 0. The molecule has 0 atom stereocenters. The standard InChI is InChI=1S/2C15H11N3.Os/c2*1-3-9-16-13(7-1)12-6-5-11-18-15(12)14-8-2-4-10-17-14;/h2*1-11H;. The fraction of sp³-hybridized carbons (Fsp3) is 0. The predicted octanol–water partition coefficient (Wildman–Crippen LogP) is 6.41. The summed E-state index contributed by atoms with van der Waals surface area (Å²) in [5.41, 5.74) is 7.25. The van der Waals surface area contributed by atoms with Gasteiger partial charge in [0.2, 0.25) is 0 Å². The second kappa shape index (κ2) is 13.0. The molecule has 6 nitrogen and oxygen atoms in total. The van der Waals surface area contributed by atoms with E-state index in [4.69, 9.17) is 0 Å². The van der Waals surface area contributed by atoms with E-state index in [0.717, 1.165) is 45.3 Å². The Morgan fingerprint density at radius 3 is 0.946 bits per heavy atom. The van der Waals surface area contributed by atoms with Crippen molar-refractivity contribution in [2.45, 2.75) is 0 Å². The van der Waals surface area contributed by atoms with Gasteiger partial charge in [-0.2, -0.15) is 0 Å². The van der Waals surface area contributed by atoms with E-state index in [2.05, 4.69) is 29.9 Å². The zero-order valence-corrected chi connectivity index (χ0v) is 22.3. The summed E-state index contributed by atoms with van der Waals surface area (Å²) in [4.78, 5) is 26.3. The molecule has 37 heavy (non-hydrogen) atoms. The molecule has 0 saturated carbocycles. The zero-order valence-electron chi connectivity index (χ0n) is 19.7. The van der Waals surface area contributed by atoms with E-state index in [1.54, 1.807) is 37.2 Å². The van der Waals surface area contributed by atoms with Crippen molar-refractivity contribution in [3.05, 3.63) is 134 Å². The molecule has 6 aromatic rings. The average molecular weight is 657 g/mol. The quantitative estimate of drug-likeness (QED) is 0.218. The maximum Gasteiger partial charge on any atom is 0.0980 e. The van der Waals surface area contributed by atoms with Crippen LogP contribution in [0, 0.1) is 0 Å². The van der Waals surface area contributed by atoms with Crippen LogP contribution in [0.4, 0.5) is 0 Å². The maximum absolute atomic E-state index is 4.42. The van der Waals surface area contributed by atoms with Gasteiger partial charge in [0.05, 0.1) is 34.2 Å². The van der Waals surface area contributed by atoms with Crippen LogP contribution in [-0.2, 0) is 19.8 Å². The molecule has 0 fully saturated rings. The summed E-state index contributed by atoms with van der Waals surface area (Å²) >= 11 is 0. The van der Waals surface area contributed by atoms with E-state index in [-0.39, 0.29) is 19.8 Å². The molecule has 6 rings (SSSR count). The van der Waals surface area contributed by atoms with Gasteiger partial charge in [0.15, 0.2) is 0 Å². The molecule has 7 heteroatoms.